The molecule has 0 amide bonds. The third kappa shape index (κ3) is 3.20. The van der Waals surface area contributed by atoms with Crippen LogP contribution >= 0.6 is 11.3 Å². The van der Waals surface area contributed by atoms with Gasteiger partial charge in [0.15, 0.2) is 9.84 Å². The summed E-state index contributed by atoms with van der Waals surface area (Å²) in [5.74, 6) is 0.804. The maximum absolute atomic E-state index is 12.8. The van der Waals surface area contributed by atoms with Gasteiger partial charge in [-0.2, -0.15) is 0 Å². The van der Waals surface area contributed by atoms with Gasteiger partial charge in [0.2, 0.25) is 0 Å². The van der Waals surface area contributed by atoms with Crippen molar-refractivity contribution in [3.05, 3.63) is 47.5 Å². The molecule has 29 heavy (non-hydrogen) atoms. The normalized spacial score (nSPS) is 23.0. The van der Waals surface area contributed by atoms with Crippen molar-refractivity contribution >= 4 is 37.2 Å². The Morgan fingerprint density at radius 3 is 2.52 bits per heavy atom. The lowest BCUT2D eigenvalue weighted by Crippen LogP contribution is -2.54. The van der Waals surface area contributed by atoms with E-state index in [1.54, 1.807) is 27.9 Å². The van der Waals surface area contributed by atoms with Gasteiger partial charge in [0.1, 0.15) is 26.9 Å². The lowest BCUT2D eigenvalue weighted by atomic mass is 10.0. The number of methoxy groups -OCH3 is 1. The first-order valence-corrected chi connectivity index (χ1v) is 11.7. The Kier molecular flexibility index (Phi) is 4.47. The largest absolute Gasteiger partial charge is 0.497 e. The number of hydrogen-bond acceptors (Lipinski definition) is 7. The van der Waals surface area contributed by atoms with Crippen LogP contribution in [-0.2, 0) is 15.4 Å². The van der Waals surface area contributed by atoms with Crippen LogP contribution in [0.2, 0.25) is 0 Å². The summed E-state index contributed by atoms with van der Waals surface area (Å²) in [6.07, 6.45) is 0. The van der Waals surface area contributed by atoms with Crippen LogP contribution in [-0.4, -0.2) is 36.8 Å². The van der Waals surface area contributed by atoms with Crippen LogP contribution < -0.4 is 10.5 Å². The molecule has 0 unspecified atom stereocenters. The Labute approximate surface area is 174 Å². The molecule has 0 spiro atoms. The zero-order valence-electron chi connectivity index (χ0n) is 16.8. The predicted molar refractivity (Wildman–Crippen MR) is 118 cm³/mol. The van der Waals surface area contributed by atoms with Gasteiger partial charge in [-0.1, -0.05) is 18.2 Å². The van der Waals surface area contributed by atoms with Crippen molar-refractivity contribution in [2.75, 3.05) is 12.9 Å². The standard InChI is InChI=1S/C21H23N3O3S2/c1-20(2)18(22)24-21(3,12-29(20,25)26)19-23-16-9-8-14(11-17(16)28-19)13-6-5-7-15(10-13)27-4/h5-11H,12H2,1-4H3,(H2,22,24)/t21-/m0/s1. The van der Waals surface area contributed by atoms with Crippen molar-refractivity contribution in [1.82, 2.24) is 4.98 Å². The molecular weight excluding hydrogens is 406 g/mol. The van der Waals surface area contributed by atoms with Gasteiger partial charge < -0.3 is 10.5 Å². The molecule has 0 fully saturated rings. The van der Waals surface area contributed by atoms with E-state index in [4.69, 9.17) is 15.5 Å². The summed E-state index contributed by atoms with van der Waals surface area (Å²) in [6, 6.07) is 13.9. The number of sulfone groups is 1. The van der Waals surface area contributed by atoms with E-state index in [1.807, 2.05) is 36.4 Å². The van der Waals surface area contributed by atoms with Gasteiger partial charge >= 0.3 is 0 Å². The van der Waals surface area contributed by atoms with E-state index in [0.29, 0.717) is 5.01 Å². The van der Waals surface area contributed by atoms with Gasteiger partial charge in [-0.05, 0) is 56.2 Å². The molecule has 1 aliphatic heterocycles. The monoisotopic (exact) mass is 429 g/mol. The van der Waals surface area contributed by atoms with E-state index in [0.717, 1.165) is 27.1 Å². The number of nitrogens with two attached hydrogens (primary N) is 1. The molecule has 0 saturated carbocycles. The molecule has 0 aliphatic carbocycles. The van der Waals surface area contributed by atoms with Crippen LogP contribution in [0.5, 0.6) is 5.75 Å². The predicted octanol–water partition coefficient (Wildman–Crippen LogP) is 3.75. The number of amidine groups is 1. The zero-order chi connectivity index (χ0) is 21.0. The fraction of sp³-hybridized carbons (Fsp3) is 0.333. The second-order valence-electron chi connectivity index (χ2n) is 7.97. The molecule has 4 rings (SSSR count). The minimum atomic E-state index is -3.47. The number of aromatic nitrogens is 1. The Morgan fingerprint density at radius 2 is 1.83 bits per heavy atom. The van der Waals surface area contributed by atoms with Crippen molar-refractivity contribution in [3.8, 4) is 16.9 Å². The number of thiazole rings is 1. The molecule has 0 radical (unpaired) electrons. The zero-order valence-corrected chi connectivity index (χ0v) is 18.4. The second-order valence-corrected chi connectivity index (χ2v) is 11.5. The highest BCUT2D eigenvalue weighted by atomic mass is 32.2. The van der Waals surface area contributed by atoms with Crippen molar-refractivity contribution < 1.29 is 13.2 Å². The van der Waals surface area contributed by atoms with Crippen molar-refractivity contribution in [2.24, 2.45) is 10.7 Å². The Hall–Kier alpha value is -2.45. The van der Waals surface area contributed by atoms with Gasteiger partial charge in [0, 0.05) is 0 Å². The van der Waals surface area contributed by atoms with Crippen molar-refractivity contribution in [1.29, 1.82) is 0 Å². The Bertz CT molecular complexity index is 1250. The molecule has 1 aromatic heterocycles. The molecule has 3 aromatic rings. The molecule has 1 aliphatic rings. The molecule has 152 valence electrons. The number of fused-ring (bicyclic) bond motifs is 1. The maximum atomic E-state index is 12.8. The summed E-state index contributed by atoms with van der Waals surface area (Å²) in [5, 5.41) is 0.650. The van der Waals surface area contributed by atoms with Gasteiger partial charge in [-0.3, -0.25) is 4.99 Å². The van der Waals surface area contributed by atoms with E-state index < -0.39 is 20.1 Å². The lowest BCUT2D eigenvalue weighted by molar-refractivity contribution is 0.415. The molecule has 0 saturated heterocycles. The number of ether oxygens (including phenoxy) is 1. The van der Waals surface area contributed by atoms with E-state index in [2.05, 4.69) is 11.1 Å². The van der Waals surface area contributed by atoms with Gasteiger partial charge in [0.25, 0.3) is 0 Å². The Morgan fingerprint density at radius 1 is 1.10 bits per heavy atom. The van der Waals surface area contributed by atoms with Crippen LogP contribution in [0.4, 0.5) is 0 Å². The Balaban J connectivity index is 1.79. The first kappa shape index (κ1) is 19.8. The summed E-state index contributed by atoms with van der Waals surface area (Å²) in [5.41, 5.74) is 7.96. The van der Waals surface area contributed by atoms with Crippen LogP contribution in [0, 0.1) is 0 Å². The fourth-order valence-electron chi connectivity index (χ4n) is 3.39. The summed E-state index contributed by atoms with van der Waals surface area (Å²) >= 11 is 1.45. The molecule has 8 heteroatoms. The number of hydrogen-bond donors (Lipinski definition) is 1. The number of aliphatic imine (C=N–C) groups is 1. The summed E-state index contributed by atoms with van der Waals surface area (Å²) in [4.78, 5) is 9.27. The number of rotatable bonds is 3. The minimum Gasteiger partial charge on any atom is -0.497 e. The van der Waals surface area contributed by atoms with Gasteiger partial charge in [-0.15, -0.1) is 11.3 Å². The molecule has 2 heterocycles. The third-order valence-corrected chi connectivity index (χ3v) is 9.46. The van der Waals surface area contributed by atoms with Crippen molar-refractivity contribution in [2.45, 2.75) is 31.1 Å². The highest BCUT2D eigenvalue weighted by molar-refractivity contribution is 7.93. The van der Waals surface area contributed by atoms with Gasteiger partial charge in [0.05, 0.1) is 23.1 Å². The smallest absolute Gasteiger partial charge is 0.165 e. The minimum absolute atomic E-state index is 0.115. The number of benzene rings is 2. The van der Waals surface area contributed by atoms with Crippen LogP contribution in [0.3, 0.4) is 0 Å². The molecule has 1 atom stereocenters. The molecule has 2 N–H and O–H groups in total. The molecule has 0 bridgehead atoms. The molecule has 6 nitrogen and oxygen atoms in total. The SMILES string of the molecule is COc1cccc(-c2ccc3nc([C@]4(C)CS(=O)(=O)C(C)(C)C(N)=N4)sc3c2)c1. The molecule has 2 aromatic carbocycles. The average molecular weight is 430 g/mol. The summed E-state index contributed by atoms with van der Waals surface area (Å²) in [6.45, 7) is 4.98. The maximum Gasteiger partial charge on any atom is 0.165 e. The second kappa shape index (κ2) is 6.53. The number of nitrogens with zero attached hydrogens (tertiary/aromatic N) is 2. The average Bonchev–Trinajstić information content (AvgIpc) is 3.10. The van der Waals surface area contributed by atoms with Crippen LogP contribution in [0.1, 0.15) is 25.8 Å². The van der Waals surface area contributed by atoms with E-state index in [9.17, 15) is 8.42 Å². The summed E-state index contributed by atoms with van der Waals surface area (Å²) < 4.78 is 30.8. The molecular formula is C21H23N3O3S2. The van der Waals surface area contributed by atoms with E-state index >= 15 is 0 Å². The van der Waals surface area contributed by atoms with E-state index in [-0.39, 0.29) is 11.6 Å². The fourth-order valence-corrected chi connectivity index (χ4v) is 6.24. The first-order chi connectivity index (χ1) is 13.6. The first-order valence-electron chi connectivity index (χ1n) is 9.19. The van der Waals surface area contributed by atoms with Crippen molar-refractivity contribution in [3.63, 3.8) is 0 Å². The van der Waals surface area contributed by atoms with Crippen LogP contribution in [0.25, 0.3) is 21.3 Å². The van der Waals surface area contributed by atoms with Crippen LogP contribution in [0.15, 0.2) is 47.5 Å². The summed E-state index contributed by atoms with van der Waals surface area (Å²) in [7, 11) is -1.82. The highest BCUT2D eigenvalue weighted by Gasteiger charge is 2.49. The van der Waals surface area contributed by atoms with Gasteiger partial charge in [-0.25, -0.2) is 13.4 Å². The quantitative estimate of drug-likeness (QED) is 0.684. The topological polar surface area (TPSA) is 94.6 Å². The highest BCUT2D eigenvalue weighted by Crippen LogP contribution is 2.40. The third-order valence-electron chi connectivity index (χ3n) is 5.48. The lowest BCUT2D eigenvalue weighted by Gasteiger charge is -2.36. The van der Waals surface area contributed by atoms with E-state index in [1.165, 1.54) is 11.3 Å².